The molecule has 0 radical (unpaired) electrons. The van der Waals surface area contributed by atoms with Crippen molar-refractivity contribution in [1.82, 2.24) is 4.98 Å². The van der Waals surface area contributed by atoms with Gasteiger partial charge in [-0.25, -0.2) is 4.98 Å². The van der Waals surface area contributed by atoms with E-state index < -0.39 is 0 Å². The van der Waals surface area contributed by atoms with Gasteiger partial charge in [0.25, 0.3) is 0 Å². The van der Waals surface area contributed by atoms with Crippen LogP contribution in [0.1, 0.15) is 52.0 Å². The molecule has 1 amide bonds. The van der Waals surface area contributed by atoms with Crippen LogP contribution in [0.3, 0.4) is 0 Å². The van der Waals surface area contributed by atoms with Crippen molar-refractivity contribution in [1.29, 1.82) is 0 Å². The van der Waals surface area contributed by atoms with Crippen molar-refractivity contribution >= 4 is 28.1 Å². The van der Waals surface area contributed by atoms with Gasteiger partial charge in [-0.05, 0) is 67.6 Å². The van der Waals surface area contributed by atoms with Crippen molar-refractivity contribution in [2.24, 2.45) is 0 Å². The number of anilines is 2. The lowest BCUT2D eigenvalue weighted by Gasteiger charge is -2.24. The minimum absolute atomic E-state index is 0.125. The first kappa shape index (κ1) is 25.8. The lowest BCUT2D eigenvalue weighted by molar-refractivity contribution is -0.118. The summed E-state index contributed by atoms with van der Waals surface area (Å²) in [6, 6.07) is 16.6. The predicted octanol–water partition coefficient (Wildman–Crippen LogP) is 6.82. The minimum atomic E-state index is 0.125. The third kappa shape index (κ3) is 6.83. The van der Waals surface area contributed by atoms with E-state index in [-0.39, 0.29) is 5.91 Å². The van der Waals surface area contributed by atoms with Crippen LogP contribution in [0, 0.1) is 0 Å². The smallest absolute Gasteiger partial charge is 0.229 e. The summed E-state index contributed by atoms with van der Waals surface area (Å²) in [5.41, 5.74) is 4.36. The molecule has 34 heavy (non-hydrogen) atoms. The molecular weight excluding hydrogens is 442 g/mol. The molecule has 3 rings (SSSR count). The Balaban J connectivity index is 1.64. The van der Waals surface area contributed by atoms with Crippen molar-refractivity contribution in [2.45, 2.75) is 52.9 Å². The van der Waals surface area contributed by atoms with Crippen molar-refractivity contribution in [3.8, 4) is 17.0 Å². The highest BCUT2D eigenvalue weighted by atomic mass is 32.1. The predicted molar refractivity (Wildman–Crippen MR) is 144 cm³/mol. The molecule has 0 atom stereocenters. The fourth-order valence-corrected chi connectivity index (χ4v) is 4.88. The van der Waals surface area contributed by atoms with Crippen LogP contribution in [-0.4, -0.2) is 37.6 Å². The molecule has 0 fully saturated rings. The molecule has 5 nitrogen and oxygen atoms in total. The van der Waals surface area contributed by atoms with Gasteiger partial charge in [-0.1, -0.05) is 32.9 Å². The van der Waals surface area contributed by atoms with Gasteiger partial charge in [0.1, 0.15) is 5.75 Å². The molecule has 2 aromatic carbocycles. The summed E-state index contributed by atoms with van der Waals surface area (Å²) >= 11 is 1.52. The zero-order chi connectivity index (χ0) is 24.3. The summed E-state index contributed by atoms with van der Waals surface area (Å²) in [6.07, 6.45) is 4.38. The fourth-order valence-electron chi connectivity index (χ4n) is 4.00. The van der Waals surface area contributed by atoms with Crippen LogP contribution in [0.15, 0.2) is 53.9 Å². The second kappa shape index (κ2) is 13.1. The van der Waals surface area contributed by atoms with Crippen LogP contribution in [-0.2, 0) is 11.2 Å². The summed E-state index contributed by atoms with van der Waals surface area (Å²) < 4.78 is 5.24. The summed E-state index contributed by atoms with van der Waals surface area (Å²) in [4.78, 5) is 22.2. The molecular formula is C28H37N3O2S. The van der Waals surface area contributed by atoms with Gasteiger partial charge in [0.2, 0.25) is 5.91 Å². The monoisotopic (exact) mass is 479 g/mol. The molecule has 6 heteroatoms. The number of ether oxygens (including phenoxy) is 1. The van der Waals surface area contributed by atoms with E-state index in [1.807, 2.05) is 34.5 Å². The number of carbonyl (C=O) groups excluding carboxylic acids is 1. The van der Waals surface area contributed by atoms with E-state index in [1.165, 1.54) is 22.6 Å². The molecule has 0 saturated heterocycles. The second-order valence-corrected chi connectivity index (χ2v) is 9.28. The van der Waals surface area contributed by atoms with E-state index in [1.54, 1.807) is 7.11 Å². The average molecular weight is 480 g/mol. The van der Waals surface area contributed by atoms with Gasteiger partial charge in [0.05, 0.1) is 12.8 Å². The number of thiazole rings is 1. The average Bonchev–Trinajstić information content (AvgIpc) is 3.36. The lowest BCUT2D eigenvalue weighted by Crippen LogP contribution is -2.31. The van der Waals surface area contributed by atoms with Crippen molar-refractivity contribution in [3.05, 3.63) is 59.5 Å². The third-order valence-electron chi connectivity index (χ3n) is 5.77. The third-order valence-corrected chi connectivity index (χ3v) is 6.64. The zero-order valence-corrected chi connectivity index (χ0v) is 21.7. The van der Waals surface area contributed by atoms with Gasteiger partial charge in [-0.15, -0.1) is 11.3 Å². The normalized spacial score (nSPS) is 10.8. The van der Waals surface area contributed by atoms with E-state index in [4.69, 9.17) is 9.72 Å². The van der Waals surface area contributed by atoms with Gasteiger partial charge in [0.15, 0.2) is 5.13 Å². The largest absolute Gasteiger partial charge is 0.497 e. The first-order valence-electron chi connectivity index (χ1n) is 12.3. The number of nitrogens with zero attached hydrogens (tertiary/aromatic N) is 3. The van der Waals surface area contributed by atoms with Crippen LogP contribution in [0.2, 0.25) is 0 Å². The van der Waals surface area contributed by atoms with Gasteiger partial charge >= 0.3 is 0 Å². The molecule has 0 saturated carbocycles. The fraction of sp³-hybridized carbons (Fsp3) is 0.429. The van der Waals surface area contributed by atoms with Crippen molar-refractivity contribution < 1.29 is 9.53 Å². The van der Waals surface area contributed by atoms with Crippen molar-refractivity contribution in [2.75, 3.05) is 36.5 Å². The molecule has 1 aromatic heterocycles. The molecule has 3 aromatic rings. The van der Waals surface area contributed by atoms with Gasteiger partial charge in [-0.3, -0.25) is 9.69 Å². The molecule has 0 aliphatic carbocycles. The quantitative estimate of drug-likeness (QED) is 0.270. The number of rotatable bonds is 13. The van der Waals surface area contributed by atoms with Crippen molar-refractivity contribution in [3.63, 3.8) is 0 Å². The standard InChI is InChI=1S/C28H37N3O2S/c1-5-18-30(19-6-2)24-13-8-22(9-14-24)10-17-27(32)31(20-7-3)28-29-26(21-34-28)23-11-15-25(33-4)16-12-23/h8-9,11-16,21H,5-7,10,17-20H2,1-4H3. The molecule has 182 valence electrons. The van der Waals surface area contributed by atoms with E-state index in [2.05, 4.69) is 49.9 Å². The van der Waals surface area contributed by atoms with Gasteiger partial charge in [-0.2, -0.15) is 0 Å². The Hall–Kier alpha value is -2.86. The van der Waals surface area contributed by atoms with Crippen LogP contribution in [0.25, 0.3) is 11.3 Å². The first-order valence-corrected chi connectivity index (χ1v) is 13.2. The Labute approximate surface area is 208 Å². The Morgan fingerprint density at radius 3 is 2.15 bits per heavy atom. The number of carbonyl (C=O) groups is 1. The van der Waals surface area contributed by atoms with Crippen LogP contribution < -0.4 is 14.5 Å². The highest BCUT2D eigenvalue weighted by Gasteiger charge is 2.19. The highest BCUT2D eigenvalue weighted by Crippen LogP contribution is 2.29. The maximum Gasteiger partial charge on any atom is 0.229 e. The number of hydrogen-bond donors (Lipinski definition) is 0. The number of amides is 1. The van der Waals surface area contributed by atoms with E-state index >= 15 is 0 Å². The van der Waals surface area contributed by atoms with E-state index in [0.717, 1.165) is 60.9 Å². The molecule has 0 unspecified atom stereocenters. The van der Waals surface area contributed by atoms with Gasteiger partial charge < -0.3 is 9.64 Å². The number of benzene rings is 2. The maximum absolute atomic E-state index is 13.1. The molecule has 0 bridgehead atoms. The lowest BCUT2D eigenvalue weighted by atomic mass is 10.1. The Morgan fingerprint density at radius 2 is 1.56 bits per heavy atom. The first-order chi connectivity index (χ1) is 16.6. The summed E-state index contributed by atoms with van der Waals surface area (Å²) in [5, 5.41) is 2.78. The van der Waals surface area contributed by atoms with E-state index in [0.29, 0.717) is 13.0 Å². The molecule has 0 spiro atoms. The summed E-state index contributed by atoms with van der Waals surface area (Å²) in [7, 11) is 1.66. The number of aryl methyl sites for hydroxylation is 1. The Morgan fingerprint density at radius 1 is 0.912 bits per heavy atom. The molecule has 0 N–H and O–H groups in total. The summed E-state index contributed by atoms with van der Waals surface area (Å²) in [5.74, 6) is 0.943. The van der Waals surface area contributed by atoms with Crippen LogP contribution >= 0.6 is 11.3 Å². The van der Waals surface area contributed by atoms with Crippen LogP contribution in [0.4, 0.5) is 10.8 Å². The Kier molecular flexibility index (Phi) is 9.95. The second-order valence-electron chi connectivity index (χ2n) is 8.44. The highest BCUT2D eigenvalue weighted by molar-refractivity contribution is 7.14. The maximum atomic E-state index is 13.1. The van der Waals surface area contributed by atoms with Crippen LogP contribution in [0.5, 0.6) is 5.75 Å². The van der Waals surface area contributed by atoms with Gasteiger partial charge in [0, 0.05) is 42.7 Å². The number of methoxy groups -OCH3 is 1. The Bertz CT molecular complexity index is 1010. The SMILES string of the molecule is CCCN(CCC)c1ccc(CCC(=O)N(CCC)c2nc(-c3ccc(OC)cc3)cs2)cc1. The number of hydrogen-bond acceptors (Lipinski definition) is 5. The molecule has 0 aliphatic heterocycles. The topological polar surface area (TPSA) is 45.7 Å². The molecule has 1 heterocycles. The minimum Gasteiger partial charge on any atom is -0.497 e. The zero-order valence-electron chi connectivity index (χ0n) is 20.9. The van der Waals surface area contributed by atoms with E-state index in [9.17, 15) is 4.79 Å². The number of aromatic nitrogens is 1. The molecule has 0 aliphatic rings. The summed E-state index contributed by atoms with van der Waals surface area (Å²) in [6.45, 7) is 9.35.